The second-order valence-electron chi connectivity index (χ2n) is 7.79. The van der Waals surface area contributed by atoms with Gasteiger partial charge in [0, 0.05) is 49.0 Å². The Morgan fingerprint density at radius 2 is 1.94 bits per heavy atom. The Bertz CT molecular complexity index is 1140. The lowest BCUT2D eigenvalue weighted by Crippen LogP contribution is -2.44. The van der Waals surface area contributed by atoms with Crippen LogP contribution in [0.1, 0.15) is 24.9 Å². The minimum atomic E-state index is -0.783. The maximum Gasteiger partial charge on any atom is 0.247 e. The number of methoxy groups -OCH3 is 1. The summed E-state index contributed by atoms with van der Waals surface area (Å²) in [5.41, 5.74) is 2.56. The SMILES string of the molecule is CCOCCCNC(=O)[C@H]1c2c(n(C)c3ccccc23)SCC(=O)N1c1ccc(OC)cc1. The van der Waals surface area contributed by atoms with Gasteiger partial charge in [-0.1, -0.05) is 30.0 Å². The summed E-state index contributed by atoms with van der Waals surface area (Å²) < 4.78 is 12.8. The number of ether oxygens (including phenoxy) is 2. The van der Waals surface area contributed by atoms with Crippen molar-refractivity contribution in [2.24, 2.45) is 7.05 Å². The first-order chi connectivity index (χ1) is 16.1. The van der Waals surface area contributed by atoms with Crippen LogP contribution in [0, 0.1) is 0 Å². The molecule has 1 aromatic heterocycles. The topological polar surface area (TPSA) is 72.8 Å². The second-order valence-corrected chi connectivity index (χ2v) is 8.75. The summed E-state index contributed by atoms with van der Waals surface area (Å²) >= 11 is 1.48. The Balaban J connectivity index is 1.79. The molecule has 0 bridgehead atoms. The molecule has 174 valence electrons. The summed E-state index contributed by atoms with van der Waals surface area (Å²) in [6.07, 6.45) is 0.708. The van der Waals surface area contributed by atoms with E-state index in [9.17, 15) is 9.59 Å². The van der Waals surface area contributed by atoms with E-state index in [2.05, 4.69) is 9.88 Å². The predicted molar refractivity (Wildman–Crippen MR) is 131 cm³/mol. The highest BCUT2D eigenvalue weighted by Gasteiger charge is 2.39. The number of anilines is 1. The van der Waals surface area contributed by atoms with E-state index in [1.54, 1.807) is 12.0 Å². The number of nitrogens with one attached hydrogen (secondary N) is 1. The van der Waals surface area contributed by atoms with Gasteiger partial charge in [-0.3, -0.25) is 14.5 Å². The van der Waals surface area contributed by atoms with E-state index in [0.717, 1.165) is 21.5 Å². The Morgan fingerprint density at radius 3 is 2.67 bits per heavy atom. The van der Waals surface area contributed by atoms with E-state index >= 15 is 0 Å². The maximum absolute atomic E-state index is 13.7. The Labute approximate surface area is 198 Å². The van der Waals surface area contributed by atoms with Crippen LogP contribution in [-0.2, 0) is 21.4 Å². The molecular weight excluding hydrogens is 438 g/mol. The molecule has 2 amide bonds. The number of aryl methyl sites for hydroxylation is 1. The van der Waals surface area contributed by atoms with Gasteiger partial charge in [0.05, 0.1) is 17.9 Å². The van der Waals surface area contributed by atoms with Gasteiger partial charge in [0.2, 0.25) is 11.8 Å². The highest BCUT2D eigenvalue weighted by atomic mass is 32.2. The van der Waals surface area contributed by atoms with Gasteiger partial charge in [-0.25, -0.2) is 0 Å². The van der Waals surface area contributed by atoms with Crippen molar-refractivity contribution in [1.29, 1.82) is 0 Å². The number of thioether (sulfide) groups is 1. The number of fused-ring (bicyclic) bond motifs is 3. The van der Waals surface area contributed by atoms with Gasteiger partial charge in [0.1, 0.15) is 11.8 Å². The summed E-state index contributed by atoms with van der Waals surface area (Å²) in [5, 5.41) is 4.96. The molecule has 1 aliphatic heterocycles. The number of amides is 2. The number of aromatic nitrogens is 1. The van der Waals surface area contributed by atoms with Crippen LogP contribution in [0.4, 0.5) is 5.69 Å². The smallest absolute Gasteiger partial charge is 0.247 e. The van der Waals surface area contributed by atoms with Crippen molar-refractivity contribution in [2.45, 2.75) is 24.4 Å². The first kappa shape index (κ1) is 23.2. The number of rotatable bonds is 8. The molecule has 0 spiro atoms. The summed E-state index contributed by atoms with van der Waals surface area (Å²) in [6, 6.07) is 14.5. The quantitative estimate of drug-likeness (QED) is 0.509. The van der Waals surface area contributed by atoms with Crippen LogP contribution < -0.4 is 15.0 Å². The van der Waals surface area contributed by atoms with Crippen molar-refractivity contribution in [2.75, 3.05) is 37.5 Å². The number of nitrogens with zero attached hydrogens (tertiary/aromatic N) is 2. The van der Waals surface area contributed by atoms with Gasteiger partial charge in [0.15, 0.2) is 0 Å². The van der Waals surface area contributed by atoms with Crippen molar-refractivity contribution in [1.82, 2.24) is 9.88 Å². The molecule has 0 fully saturated rings. The van der Waals surface area contributed by atoms with Crippen molar-refractivity contribution in [3.05, 3.63) is 54.1 Å². The van der Waals surface area contributed by atoms with Gasteiger partial charge < -0.3 is 19.4 Å². The number of para-hydroxylation sites is 1. The standard InChI is InChI=1S/C25H29N3O4S/c1-4-32-15-7-14-26-24(30)23-22-19-8-5-6-9-20(19)27(2)25(22)33-16-21(29)28(23)17-10-12-18(31-3)13-11-17/h5-6,8-13,23H,4,7,14-16H2,1-3H3,(H,26,30)/t23-/m1/s1. The van der Waals surface area contributed by atoms with E-state index in [-0.39, 0.29) is 17.6 Å². The Hall–Kier alpha value is -2.97. The normalized spacial score (nSPS) is 15.9. The van der Waals surface area contributed by atoms with E-state index in [1.807, 2.05) is 62.5 Å². The van der Waals surface area contributed by atoms with Gasteiger partial charge in [-0.15, -0.1) is 0 Å². The first-order valence-corrected chi connectivity index (χ1v) is 12.1. The molecule has 0 saturated heterocycles. The molecule has 1 aliphatic rings. The lowest BCUT2D eigenvalue weighted by molar-refractivity contribution is -0.125. The fraction of sp³-hybridized carbons (Fsp3) is 0.360. The molecule has 1 N–H and O–H groups in total. The van der Waals surface area contributed by atoms with E-state index < -0.39 is 6.04 Å². The molecule has 33 heavy (non-hydrogen) atoms. The molecule has 0 radical (unpaired) electrons. The monoisotopic (exact) mass is 467 g/mol. The fourth-order valence-corrected chi connectivity index (χ4v) is 5.29. The molecule has 8 heteroatoms. The number of benzene rings is 2. The molecule has 7 nitrogen and oxygen atoms in total. The maximum atomic E-state index is 13.7. The molecule has 0 unspecified atom stereocenters. The molecule has 0 aliphatic carbocycles. The number of carbonyl (C=O) groups is 2. The largest absolute Gasteiger partial charge is 0.497 e. The van der Waals surface area contributed by atoms with Crippen LogP contribution in [-0.4, -0.2) is 49.0 Å². The lowest BCUT2D eigenvalue weighted by atomic mass is 10.0. The highest BCUT2D eigenvalue weighted by Crippen LogP contribution is 2.43. The highest BCUT2D eigenvalue weighted by molar-refractivity contribution is 8.00. The number of hydrogen-bond acceptors (Lipinski definition) is 5. The molecular formula is C25H29N3O4S. The Kier molecular flexibility index (Phi) is 7.25. The molecule has 0 saturated carbocycles. The van der Waals surface area contributed by atoms with Crippen molar-refractivity contribution in [3.8, 4) is 5.75 Å². The molecule has 4 rings (SSSR count). The summed E-state index contributed by atoms with van der Waals surface area (Å²) in [4.78, 5) is 28.7. The fourth-order valence-electron chi connectivity index (χ4n) is 4.22. The van der Waals surface area contributed by atoms with Gasteiger partial charge >= 0.3 is 0 Å². The third-order valence-electron chi connectivity index (χ3n) is 5.79. The van der Waals surface area contributed by atoms with E-state index in [0.29, 0.717) is 37.6 Å². The van der Waals surface area contributed by atoms with E-state index in [1.165, 1.54) is 11.8 Å². The average molecular weight is 468 g/mol. The minimum Gasteiger partial charge on any atom is -0.497 e. The van der Waals surface area contributed by atoms with Gasteiger partial charge in [-0.05, 0) is 43.7 Å². The first-order valence-electron chi connectivity index (χ1n) is 11.1. The third-order valence-corrected chi connectivity index (χ3v) is 6.95. The molecule has 2 heterocycles. The summed E-state index contributed by atoms with van der Waals surface area (Å²) in [5.74, 6) is 0.631. The van der Waals surface area contributed by atoms with Crippen molar-refractivity contribution in [3.63, 3.8) is 0 Å². The zero-order valence-corrected chi connectivity index (χ0v) is 20.0. The van der Waals surface area contributed by atoms with E-state index in [4.69, 9.17) is 9.47 Å². The molecule has 3 aromatic rings. The molecule has 2 aromatic carbocycles. The van der Waals surface area contributed by atoms with Crippen LogP contribution in [0.3, 0.4) is 0 Å². The van der Waals surface area contributed by atoms with Gasteiger partial charge in [0.25, 0.3) is 0 Å². The summed E-state index contributed by atoms with van der Waals surface area (Å²) in [6.45, 7) is 3.65. The lowest BCUT2D eigenvalue weighted by Gasteiger charge is -2.30. The van der Waals surface area contributed by atoms with Crippen LogP contribution in [0.25, 0.3) is 10.9 Å². The van der Waals surface area contributed by atoms with Gasteiger partial charge in [-0.2, -0.15) is 0 Å². The van der Waals surface area contributed by atoms with Crippen molar-refractivity contribution < 1.29 is 19.1 Å². The number of hydrogen-bond donors (Lipinski definition) is 1. The number of carbonyl (C=O) groups excluding carboxylic acids is 2. The predicted octanol–water partition coefficient (Wildman–Crippen LogP) is 3.91. The zero-order valence-electron chi connectivity index (χ0n) is 19.2. The zero-order chi connectivity index (χ0) is 23.4. The molecule has 1 atom stereocenters. The van der Waals surface area contributed by atoms with Crippen LogP contribution in [0.5, 0.6) is 5.75 Å². The van der Waals surface area contributed by atoms with Crippen LogP contribution in [0.2, 0.25) is 0 Å². The minimum absolute atomic E-state index is 0.111. The van der Waals surface area contributed by atoms with Crippen molar-refractivity contribution >= 4 is 40.2 Å². The average Bonchev–Trinajstić information content (AvgIpc) is 3.01. The van der Waals surface area contributed by atoms with Crippen LogP contribution >= 0.6 is 11.8 Å². The summed E-state index contributed by atoms with van der Waals surface area (Å²) in [7, 11) is 3.59. The van der Waals surface area contributed by atoms with Crippen LogP contribution in [0.15, 0.2) is 53.6 Å². The third kappa shape index (κ3) is 4.58. The Morgan fingerprint density at radius 1 is 1.18 bits per heavy atom. The second kappa shape index (κ2) is 10.3.